The summed E-state index contributed by atoms with van der Waals surface area (Å²) in [6.07, 6.45) is 1.51. The van der Waals surface area contributed by atoms with E-state index in [1.165, 1.54) is 0 Å². The summed E-state index contributed by atoms with van der Waals surface area (Å²) >= 11 is 0. The molecule has 0 aromatic carbocycles. The quantitative estimate of drug-likeness (QED) is 0.510. The van der Waals surface area contributed by atoms with Crippen LogP contribution in [-0.4, -0.2) is 31.2 Å². The molecule has 0 aromatic heterocycles. The first-order chi connectivity index (χ1) is 5.72. The third kappa shape index (κ3) is 2.35. The van der Waals surface area contributed by atoms with Crippen LogP contribution in [0.2, 0.25) is 0 Å². The molecule has 1 unspecified atom stereocenters. The lowest BCUT2D eigenvalue weighted by Gasteiger charge is -2.15. The summed E-state index contributed by atoms with van der Waals surface area (Å²) < 4.78 is 9.41. The third-order valence-corrected chi connectivity index (χ3v) is 1.31. The summed E-state index contributed by atoms with van der Waals surface area (Å²) in [4.78, 5) is 21.5. The van der Waals surface area contributed by atoms with Crippen molar-refractivity contribution in [2.45, 2.75) is 6.10 Å². The Morgan fingerprint density at radius 2 is 2.08 bits per heavy atom. The number of nitrogens with two attached hydrogens (primary N) is 1. The largest absolute Gasteiger partial charge is 0.459 e. The SMILES string of the molecule is NCC1COC(=O)/C=C/C(=O)O1. The van der Waals surface area contributed by atoms with Gasteiger partial charge in [-0.15, -0.1) is 0 Å². The number of ether oxygens (including phenoxy) is 2. The molecule has 12 heavy (non-hydrogen) atoms. The number of carbonyl (C=O) groups excluding carboxylic acids is 2. The molecule has 0 radical (unpaired) electrons. The maximum absolute atomic E-state index is 10.8. The molecule has 1 aliphatic rings. The number of carbonyl (C=O) groups is 2. The highest BCUT2D eigenvalue weighted by Gasteiger charge is 2.15. The second-order valence-electron chi connectivity index (χ2n) is 2.26. The molecule has 1 rings (SSSR count). The van der Waals surface area contributed by atoms with E-state index in [1.54, 1.807) is 0 Å². The van der Waals surface area contributed by atoms with Gasteiger partial charge in [0.25, 0.3) is 0 Å². The molecule has 1 atom stereocenters. The fourth-order valence-corrected chi connectivity index (χ4v) is 0.713. The first-order valence-electron chi connectivity index (χ1n) is 3.48. The molecule has 0 amide bonds. The smallest absolute Gasteiger partial charge is 0.331 e. The highest BCUT2D eigenvalue weighted by molar-refractivity contribution is 5.92. The zero-order valence-corrected chi connectivity index (χ0v) is 6.36. The number of rotatable bonds is 1. The zero-order chi connectivity index (χ0) is 8.97. The lowest BCUT2D eigenvalue weighted by Crippen LogP contribution is -2.32. The van der Waals surface area contributed by atoms with Crippen LogP contribution in [0.25, 0.3) is 0 Å². The maximum atomic E-state index is 10.8. The minimum atomic E-state index is -0.567. The second-order valence-corrected chi connectivity index (χ2v) is 2.26. The van der Waals surface area contributed by atoms with Crippen LogP contribution in [0.3, 0.4) is 0 Å². The van der Waals surface area contributed by atoms with Gasteiger partial charge < -0.3 is 15.2 Å². The van der Waals surface area contributed by atoms with E-state index in [2.05, 4.69) is 4.74 Å². The van der Waals surface area contributed by atoms with E-state index < -0.39 is 18.0 Å². The van der Waals surface area contributed by atoms with Gasteiger partial charge in [-0.2, -0.15) is 0 Å². The Balaban J connectivity index is 2.63. The molecule has 0 aliphatic carbocycles. The Bertz CT molecular complexity index is 223. The average molecular weight is 171 g/mol. The molecule has 66 valence electrons. The lowest BCUT2D eigenvalue weighted by molar-refractivity contribution is -0.154. The predicted octanol–water partition coefficient (Wildman–Crippen LogP) is -1.03. The Labute approximate surface area is 69.1 Å². The Hall–Kier alpha value is -1.36. The molecule has 2 N–H and O–H groups in total. The van der Waals surface area contributed by atoms with Gasteiger partial charge in [0.15, 0.2) is 0 Å². The molecule has 0 aromatic rings. The van der Waals surface area contributed by atoms with E-state index in [4.69, 9.17) is 10.5 Å². The summed E-state index contributed by atoms with van der Waals surface area (Å²) in [6, 6.07) is 0. The zero-order valence-electron chi connectivity index (χ0n) is 6.36. The fourth-order valence-electron chi connectivity index (χ4n) is 0.713. The van der Waals surface area contributed by atoms with Crippen molar-refractivity contribution in [3.05, 3.63) is 12.2 Å². The molecule has 1 aliphatic heterocycles. The number of esters is 2. The Kier molecular flexibility index (Phi) is 2.82. The van der Waals surface area contributed by atoms with Crippen LogP contribution in [0.15, 0.2) is 12.2 Å². The van der Waals surface area contributed by atoms with E-state index in [0.717, 1.165) is 12.2 Å². The Morgan fingerprint density at radius 1 is 1.42 bits per heavy atom. The van der Waals surface area contributed by atoms with Crippen LogP contribution >= 0.6 is 0 Å². The van der Waals surface area contributed by atoms with E-state index in [0.29, 0.717) is 0 Å². The molecular formula is C7H9NO4. The number of hydrogen-bond donors (Lipinski definition) is 1. The van der Waals surface area contributed by atoms with Crippen molar-refractivity contribution in [1.29, 1.82) is 0 Å². The van der Waals surface area contributed by atoms with Crippen molar-refractivity contribution >= 4 is 11.9 Å². The normalized spacial score (nSPS) is 26.6. The van der Waals surface area contributed by atoms with Crippen LogP contribution in [0.4, 0.5) is 0 Å². The predicted molar refractivity (Wildman–Crippen MR) is 39.0 cm³/mol. The highest BCUT2D eigenvalue weighted by Crippen LogP contribution is 1.98. The van der Waals surface area contributed by atoms with Crippen LogP contribution in [0.1, 0.15) is 0 Å². The van der Waals surface area contributed by atoms with Crippen molar-refractivity contribution in [1.82, 2.24) is 0 Å². The van der Waals surface area contributed by atoms with Gasteiger partial charge in [-0.3, -0.25) is 0 Å². The summed E-state index contributed by atoms with van der Waals surface area (Å²) in [5.74, 6) is -1.12. The van der Waals surface area contributed by atoms with Crippen molar-refractivity contribution in [3.8, 4) is 0 Å². The molecule has 5 heteroatoms. The Morgan fingerprint density at radius 3 is 2.75 bits per heavy atom. The fraction of sp³-hybridized carbons (Fsp3) is 0.429. The summed E-state index contributed by atoms with van der Waals surface area (Å²) in [5, 5.41) is 0. The molecular weight excluding hydrogens is 162 g/mol. The topological polar surface area (TPSA) is 78.6 Å². The third-order valence-electron chi connectivity index (χ3n) is 1.31. The number of cyclic esters (lactones) is 2. The first kappa shape index (κ1) is 8.73. The summed E-state index contributed by atoms with van der Waals surface area (Å²) in [6.45, 7) is 0.165. The molecule has 0 fully saturated rings. The molecule has 1 heterocycles. The minimum absolute atomic E-state index is 0.0193. The first-order valence-corrected chi connectivity index (χ1v) is 3.48. The van der Waals surface area contributed by atoms with E-state index in [-0.39, 0.29) is 13.2 Å². The standard InChI is InChI=1S/C7H9NO4/c8-3-5-4-11-6(9)1-2-7(10)12-5/h1-2,5H,3-4,8H2/b2-1+. The van der Waals surface area contributed by atoms with Gasteiger partial charge in [-0.1, -0.05) is 0 Å². The molecule has 0 saturated carbocycles. The molecule has 0 spiro atoms. The minimum Gasteiger partial charge on any atom is -0.459 e. The lowest BCUT2D eigenvalue weighted by atomic mass is 10.3. The van der Waals surface area contributed by atoms with E-state index in [1.807, 2.05) is 0 Å². The van der Waals surface area contributed by atoms with Gasteiger partial charge >= 0.3 is 11.9 Å². The van der Waals surface area contributed by atoms with Crippen LogP contribution < -0.4 is 5.73 Å². The van der Waals surface area contributed by atoms with Gasteiger partial charge in [-0.05, 0) is 0 Å². The van der Waals surface area contributed by atoms with Crippen molar-refractivity contribution in [3.63, 3.8) is 0 Å². The molecule has 0 saturated heterocycles. The van der Waals surface area contributed by atoms with Crippen molar-refractivity contribution < 1.29 is 19.1 Å². The van der Waals surface area contributed by atoms with Crippen LogP contribution in [-0.2, 0) is 19.1 Å². The molecule has 5 nitrogen and oxygen atoms in total. The van der Waals surface area contributed by atoms with Crippen LogP contribution in [0, 0.1) is 0 Å². The number of hydrogen-bond acceptors (Lipinski definition) is 5. The van der Waals surface area contributed by atoms with Gasteiger partial charge in [0.1, 0.15) is 12.7 Å². The van der Waals surface area contributed by atoms with Gasteiger partial charge in [-0.25, -0.2) is 9.59 Å². The monoisotopic (exact) mass is 171 g/mol. The van der Waals surface area contributed by atoms with E-state index in [9.17, 15) is 9.59 Å². The van der Waals surface area contributed by atoms with Crippen molar-refractivity contribution in [2.75, 3.05) is 13.2 Å². The van der Waals surface area contributed by atoms with Gasteiger partial charge in [0.2, 0.25) is 0 Å². The highest BCUT2D eigenvalue weighted by atomic mass is 16.6. The van der Waals surface area contributed by atoms with E-state index >= 15 is 0 Å². The van der Waals surface area contributed by atoms with Crippen LogP contribution in [0.5, 0.6) is 0 Å². The summed E-state index contributed by atoms with van der Waals surface area (Å²) in [7, 11) is 0. The van der Waals surface area contributed by atoms with Gasteiger partial charge in [0.05, 0.1) is 0 Å². The maximum Gasteiger partial charge on any atom is 0.331 e. The molecule has 0 bridgehead atoms. The average Bonchev–Trinajstić information content (AvgIpc) is 2.06. The van der Waals surface area contributed by atoms with Crippen molar-refractivity contribution in [2.24, 2.45) is 5.73 Å². The summed E-state index contributed by atoms with van der Waals surface area (Å²) in [5.41, 5.74) is 5.24. The second kappa shape index (κ2) is 3.87. The van der Waals surface area contributed by atoms with Gasteiger partial charge in [0, 0.05) is 18.7 Å².